The lowest BCUT2D eigenvalue weighted by atomic mass is 10.1. The molecule has 2 unspecified atom stereocenters. The van der Waals surface area contributed by atoms with Gasteiger partial charge >= 0.3 is 6.16 Å². The monoisotopic (exact) mass is 176 g/mol. The van der Waals surface area contributed by atoms with E-state index in [0.717, 1.165) is 12.8 Å². The van der Waals surface area contributed by atoms with E-state index in [1.807, 2.05) is 6.92 Å². The first-order valence-electron chi connectivity index (χ1n) is 4.04. The molecule has 0 radical (unpaired) electrons. The van der Waals surface area contributed by atoms with Crippen LogP contribution >= 0.6 is 0 Å². The number of hydrogen-bond donors (Lipinski definition) is 1. The van der Waals surface area contributed by atoms with Crippen LogP contribution in [0.2, 0.25) is 0 Å². The van der Waals surface area contributed by atoms with Crippen molar-refractivity contribution >= 4 is 6.16 Å². The van der Waals surface area contributed by atoms with Crippen LogP contribution in [0.3, 0.4) is 0 Å². The molecule has 0 saturated heterocycles. The summed E-state index contributed by atoms with van der Waals surface area (Å²) in [5, 5.41) is 8.32. The van der Waals surface area contributed by atoms with E-state index in [1.165, 1.54) is 0 Å². The fourth-order valence-corrected chi connectivity index (χ4v) is 1.06. The maximum absolute atomic E-state index is 10.2. The molecule has 0 amide bonds. The van der Waals surface area contributed by atoms with Crippen molar-refractivity contribution in [3.05, 3.63) is 0 Å². The summed E-state index contributed by atoms with van der Waals surface area (Å²) in [4.78, 5) is 10.2. The third-order valence-corrected chi connectivity index (χ3v) is 1.69. The average molecular weight is 176 g/mol. The van der Waals surface area contributed by atoms with Gasteiger partial charge in [0.2, 0.25) is 0 Å². The van der Waals surface area contributed by atoms with Crippen LogP contribution in [0.5, 0.6) is 0 Å². The molecule has 12 heavy (non-hydrogen) atoms. The van der Waals surface area contributed by atoms with Gasteiger partial charge in [-0.15, -0.1) is 0 Å². The zero-order valence-corrected chi connectivity index (χ0v) is 7.74. The van der Waals surface area contributed by atoms with Crippen LogP contribution in [0.4, 0.5) is 4.79 Å². The molecule has 72 valence electrons. The van der Waals surface area contributed by atoms with Crippen molar-refractivity contribution in [2.45, 2.75) is 38.9 Å². The van der Waals surface area contributed by atoms with Crippen molar-refractivity contribution < 1.29 is 19.4 Å². The lowest BCUT2D eigenvalue weighted by Gasteiger charge is -2.20. The molecule has 0 spiro atoms. The summed E-state index contributed by atoms with van der Waals surface area (Å²) in [7, 11) is 1.56. The first-order valence-corrected chi connectivity index (χ1v) is 4.04. The lowest BCUT2D eigenvalue weighted by Crippen LogP contribution is -2.29. The third-order valence-electron chi connectivity index (χ3n) is 1.69. The summed E-state index contributed by atoms with van der Waals surface area (Å²) in [6.45, 7) is 3.71. The molecule has 0 saturated carbocycles. The van der Waals surface area contributed by atoms with Crippen molar-refractivity contribution in [3.63, 3.8) is 0 Å². The Bertz CT molecular complexity index is 135. The van der Waals surface area contributed by atoms with Gasteiger partial charge in [0.05, 0.1) is 6.10 Å². The third kappa shape index (κ3) is 4.18. The predicted molar refractivity (Wildman–Crippen MR) is 44.3 cm³/mol. The fourth-order valence-electron chi connectivity index (χ4n) is 1.06. The summed E-state index contributed by atoms with van der Waals surface area (Å²) < 4.78 is 9.61. The van der Waals surface area contributed by atoms with Crippen LogP contribution in [0.1, 0.15) is 26.7 Å². The number of rotatable bonds is 5. The van der Waals surface area contributed by atoms with Gasteiger partial charge in [0.25, 0.3) is 0 Å². The Balaban J connectivity index is 3.84. The van der Waals surface area contributed by atoms with Gasteiger partial charge in [-0.3, -0.25) is 0 Å². The molecule has 0 bridgehead atoms. The number of carbonyl (C=O) groups is 1. The summed E-state index contributed by atoms with van der Waals surface area (Å²) in [6, 6.07) is 0. The SMILES string of the molecule is CCCC(OC)C(C)OC(=O)O. The standard InChI is InChI=1S/C8H16O4/c1-4-5-7(11-3)6(2)12-8(9)10/h6-7H,4-5H2,1-3H3,(H,9,10). The summed E-state index contributed by atoms with van der Waals surface area (Å²) >= 11 is 0. The second-order valence-electron chi connectivity index (χ2n) is 2.65. The highest BCUT2D eigenvalue weighted by molar-refractivity contribution is 5.57. The van der Waals surface area contributed by atoms with Gasteiger partial charge in [-0.1, -0.05) is 13.3 Å². The maximum Gasteiger partial charge on any atom is 0.506 e. The highest BCUT2D eigenvalue weighted by Crippen LogP contribution is 2.09. The smallest absolute Gasteiger partial charge is 0.450 e. The van der Waals surface area contributed by atoms with E-state index >= 15 is 0 Å². The van der Waals surface area contributed by atoms with Crippen LogP contribution in [0, 0.1) is 0 Å². The molecule has 0 aromatic carbocycles. The lowest BCUT2D eigenvalue weighted by molar-refractivity contribution is -0.0331. The van der Waals surface area contributed by atoms with Gasteiger partial charge in [-0.25, -0.2) is 4.79 Å². The molecule has 0 aliphatic carbocycles. The van der Waals surface area contributed by atoms with E-state index in [1.54, 1.807) is 14.0 Å². The van der Waals surface area contributed by atoms with Crippen molar-refractivity contribution in [3.8, 4) is 0 Å². The Kier molecular flexibility index (Phi) is 5.45. The highest BCUT2D eigenvalue weighted by Gasteiger charge is 2.18. The minimum atomic E-state index is -1.25. The zero-order valence-electron chi connectivity index (χ0n) is 7.74. The van der Waals surface area contributed by atoms with Gasteiger partial charge in [-0.05, 0) is 13.3 Å². The normalized spacial score (nSPS) is 15.2. The summed E-state index contributed by atoms with van der Waals surface area (Å²) in [5.41, 5.74) is 0. The number of methoxy groups -OCH3 is 1. The molecule has 2 atom stereocenters. The minimum absolute atomic E-state index is 0.133. The van der Waals surface area contributed by atoms with Gasteiger partial charge in [0, 0.05) is 7.11 Å². The van der Waals surface area contributed by atoms with Crippen LogP contribution in [0.15, 0.2) is 0 Å². The van der Waals surface area contributed by atoms with E-state index in [-0.39, 0.29) is 6.10 Å². The van der Waals surface area contributed by atoms with Crippen LogP contribution in [-0.4, -0.2) is 30.6 Å². The summed E-state index contributed by atoms with van der Waals surface area (Å²) in [6.07, 6.45) is -0.0178. The van der Waals surface area contributed by atoms with E-state index < -0.39 is 12.3 Å². The molecule has 4 heteroatoms. The first kappa shape index (κ1) is 11.2. The zero-order chi connectivity index (χ0) is 9.56. The number of ether oxygens (including phenoxy) is 2. The molecule has 4 nitrogen and oxygen atoms in total. The Morgan fingerprint density at radius 2 is 2.17 bits per heavy atom. The highest BCUT2D eigenvalue weighted by atomic mass is 16.7. The van der Waals surface area contributed by atoms with Crippen LogP contribution in [0.25, 0.3) is 0 Å². The van der Waals surface area contributed by atoms with Crippen molar-refractivity contribution in [2.24, 2.45) is 0 Å². The van der Waals surface area contributed by atoms with Crippen LogP contribution < -0.4 is 0 Å². The van der Waals surface area contributed by atoms with Crippen molar-refractivity contribution in [2.75, 3.05) is 7.11 Å². The van der Waals surface area contributed by atoms with Gasteiger partial charge < -0.3 is 14.6 Å². The molecule has 0 aromatic heterocycles. The van der Waals surface area contributed by atoms with E-state index in [4.69, 9.17) is 9.84 Å². The first-order chi connectivity index (χ1) is 5.61. The predicted octanol–water partition coefficient (Wildman–Crippen LogP) is 1.88. The molecular weight excluding hydrogens is 160 g/mol. The number of carboxylic acid groups (broad SMARTS) is 1. The Morgan fingerprint density at radius 1 is 1.58 bits per heavy atom. The average Bonchev–Trinajstić information content (AvgIpc) is 1.98. The molecule has 0 heterocycles. The second-order valence-corrected chi connectivity index (χ2v) is 2.65. The van der Waals surface area contributed by atoms with Crippen LogP contribution in [-0.2, 0) is 9.47 Å². The van der Waals surface area contributed by atoms with Gasteiger partial charge in [-0.2, -0.15) is 0 Å². The quantitative estimate of drug-likeness (QED) is 0.650. The molecule has 0 fully saturated rings. The molecule has 0 aliphatic rings. The van der Waals surface area contributed by atoms with Gasteiger partial charge in [0.15, 0.2) is 0 Å². The minimum Gasteiger partial charge on any atom is -0.450 e. The van der Waals surface area contributed by atoms with Crippen molar-refractivity contribution in [1.29, 1.82) is 0 Å². The Hall–Kier alpha value is -0.770. The molecule has 0 aromatic rings. The molecule has 0 aliphatic heterocycles. The van der Waals surface area contributed by atoms with E-state index in [9.17, 15) is 4.79 Å². The molecular formula is C8H16O4. The maximum atomic E-state index is 10.2. The van der Waals surface area contributed by atoms with E-state index in [0.29, 0.717) is 0 Å². The molecule has 0 rings (SSSR count). The van der Waals surface area contributed by atoms with E-state index in [2.05, 4.69) is 4.74 Å². The Morgan fingerprint density at radius 3 is 2.50 bits per heavy atom. The summed E-state index contributed by atoms with van der Waals surface area (Å²) in [5.74, 6) is 0. The largest absolute Gasteiger partial charge is 0.506 e. The second kappa shape index (κ2) is 5.83. The topological polar surface area (TPSA) is 55.8 Å². The number of hydrogen-bond acceptors (Lipinski definition) is 3. The van der Waals surface area contributed by atoms with Gasteiger partial charge in [0.1, 0.15) is 6.10 Å². The molecule has 1 N–H and O–H groups in total. The Labute approximate surface area is 72.5 Å². The van der Waals surface area contributed by atoms with Crippen molar-refractivity contribution in [1.82, 2.24) is 0 Å². The fraction of sp³-hybridized carbons (Fsp3) is 0.875.